The average molecular weight is 173 g/mol. The second-order valence-corrected chi connectivity index (χ2v) is 4.90. The molecule has 0 aliphatic carbocycles. The minimum absolute atomic E-state index is 0.170. The number of rotatable bonds is 2. The first-order chi connectivity index (χ1) is 5.05. The highest BCUT2D eigenvalue weighted by atomic mass is 32.2. The van der Waals surface area contributed by atoms with E-state index in [9.17, 15) is 4.79 Å². The van der Waals surface area contributed by atoms with Crippen LogP contribution in [0.2, 0.25) is 0 Å². The van der Waals surface area contributed by atoms with E-state index in [2.05, 4.69) is 0 Å². The van der Waals surface area contributed by atoms with Crippen LogP contribution in [0.4, 0.5) is 0 Å². The predicted octanol–water partition coefficient (Wildman–Crippen LogP) is 1.39. The van der Waals surface area contributed by atoms with Crippen LogP contribution >= 0.6 is 11.8 Å². The molecule has 1 heterocycles. The normalized spacial score (nSPS) is 25.5. The maximum absolute atomic E-state index is 11.0. The van der Waals surface area contributed by atoms with Gasteiger partial charge in [-0.3, -0.25) is 4.79 Å². The number of hydrogen-bond acceptors (Lipinski definition) is 2. The molecule has 1 aliphatic rings. The standard InChI is InChI=1S/C8H15NOS/c1-8(2,7(9)10)6-4-3-5-11-6/h6H,3-5H2,1-2H3,(H2,9,10). The lowest BCUT2D eigenvalue weighted by atomic mass is 9.86. The molecule has 1 saturated heterocycles. The van der Waals surface area contributed by atoms with Gasteiger partial charge in [0.15, 0.2) is 0 Å². The van der Waals surface area contributed by atoms with Gasteiger partial charge in [-0.1, -0.05) is 0 Å². The van der Waals surface area contributed by atoms with Crippen molar-refractivity contribution in [2.24, 2.45) is 11.1 Å². The first-order valence-corrected chi connectivity index (χ1v) is 5.01. The van der Waals surface area contributed by atoms with Gasteiger partial charge in [-0.2, -0.15) is 11.8 Å². The van der Waals surface area contributed by atoms with E-state index < -0.39 is 0 Å². The van der Waals surface area contributed by atoms with E-state index in [0.717, 1.165) is 6.42 Å². The summed E-state index contributed by atoms with van der Waals surface area (Å²) in [6.45, 7) is 3.89. The molecule has 0 aromatic heterocycles. The zero-order valence-electron chi connectivity index (χ0n) is 7.09. The highest BCUT2D eigenvalue weighted by Gasteiger charge is 2.37. The molecule has 64 valence electrons. The van der Waals surface area contributed by atoms with Gasteiger partial charge in [0.1, 0.15) is 0 Å². The van der Waals surface area contributed by atoms with Crippen molar-refractivity contribution >= 4 is 17.7 Å². The molecular weight excluding hydrogens is 158 g/mol. The van der Waals surface area contributed by atoms with Gasteiger partial charge in [0, 0.05) is 5.25 Å². The largest absolute Gasteiger partial charge is 0.369 e. The van der Waals surface area contributed by atoms with Gasteiger partial charge < -0.3 is 5.73 Å². The van der Waals surface area contributed by atoms with Crippen molar-refractivity contribution in [2.45, 2.75) is 31.9 Å². The fraction of sp³-hybridized carbons (Fsp3) is 0.875. The molecular formula is C8H15NOS. The van der Waals surface area contributed by atoms with Gasteiger partial charge >= 0.3 is 0 Å². The molecule has 0 aromatic carbocycles. The number of amides is 1. The van der Waals surface area contributed by atoms with E-state index in [4.69, 9.17) is 5.73 Å². The zero-order valence-corrected chi connectivity index (χ0v) is 7.91. The Balaban J connectivity index is 2.62. The molecule has 1 aliphatic heterocycles. The number of thioether (sulfide) groups is 1. The summed E-state index contributed by atoms with van der Waals surface area (Å²) >= 11 is 1.88. The monoisotopic (exact) mass is 173 g/mol. The summed E-state index contributed by atoms with van der Waals surface area (Å²) in [5, 5.41) is 0.444. The lowest BCUT2D eigenvalue weighted by molar-refractivity contribution is -0.125. The van der Waals surface area contributed by atoms with Crippen LogP contribution in [0, 0.1) is 5.41 Å². The third-order valence-corrected chi connectivity index (χ3v) is 4.12. The maximum atomic E-state index is 11.0. The van der Waals surface area contributed by atoms with E-state index in [1.54, 1.807) is 0 Å². The third kappa shape index (κ3) is 1.70. The lowest BCUT2D eigenvalue weighted by Gasteiger charge is -2.26. The van der Waals surface area contributed by atoms with Gasteiger partial charge in [-0.15, -0.1) is 0 Å². The van der Waals surface area contributed by atoms with Crippen molar-refractivity contribution in [2.75, 3.05) is 5.75 Å². The topological polar surface area (TPSA) is 43.1 Å². The summed E-state index contributed by atoms with van der Waals surface area (Å²) in [6.07, 6.45) is 2.37. The number of hydrogen-bond donors (Lipinski definition) is 1. The van der Waals surface area contributed by atoms with E-state index in [-0.39, 0.29) is 11.3 Å². The second-order valence-electron chi connectivity index (χ2n) is 3.59. The van der Waals surface area contributed by atoms with Crippen LogP contribution < -0.4 is 5.73 Å². The van der Waals surface area contributed by atoms with E-state index in [0.29, 0.717) is 5.25 Å². The van der Waals surface area contributed by atoms with E-state index >= 15 is 0 Å². The molecule has 2 nitrogen and oxygen atoms in total. The van der Waals surface area contributed by atoms with Crippen LogP contribution in [0.25, 0.3) is 0 Å². The summed E-state index contributed by atoms with van der Waals surface area (Å²) in [4.78, 5) is 11.0. The number of primary amides is 1. The van der Waals surface area contributed by atoms with Gasteiger partial charge in [0.05, 0.1) is 5.41 Å². The molecule has 11 heavy (non-hydrogen) atoms. The van der Waals surface area contributed by atoms with Crippen molar-refractivity contribution in [1.82, 2.24) is 0 Å². The average Bonchev–Trinajstić information content (AvgIpc) is 2.37. The smallest absolute Gasteiger partial charge is 0.224 e. The summed E-state index contributed by atoms with van der Waals surface area (Å²) in [6, 6.07) is 0. The molecule has 1 amide bonds. The molecule has 1 rings (SSSR count). The van der Waals surface area contributed by atoms with Crippen molar-refractivity contribution in [3.63, 3.8) is 0 Å². The van der Waals surface area contributed by atoms with E-state index in [1.807, 2.05) is 25.6 Å². The van der Waals surface area contributed by atoms with Crippen LogP contribution in [0.15, 0.2) is 0 Å². The first-order valence-electron chi connectivity index (χ1n) is 3.96. The minimum Gasteiger partial charge on any atom is -0.369 e. The Morgan fingerprint density at radius 3 is 2.64 bits per heavy atom. The fourth-order valence-corrected chi connectivity index (χ4v) is 2.79. The van der Waals surface area contributed by atoms with Gasteiger partial charge in [0.2, 0.25) is 5.91 Å². The van der Waals surface area contributed by atoms with Crippen LogP contribution in [0.5, 0.6) is 0 Å². The third-order valence-electron chi connectivity index (χ3n) is 2.37. The number of carbonyl (C=O) groups is 1. The van der Waals surface area contributed by atoms with Gasteiger partial charge in [0.25, 0.3) is 0 Å². The Kier molecular flexibility index (Phi) is 2.47. The van der Waals surface area contributed by atoms with Crippen LogP contribution in [-0.2, 0) is 4.79 Å². The van der Waals surface area contributed by atoms with E-state index in [1.165, 1.54) is 12.2 Å². The lowest BCUT2D eigenvalue weighted by Crippen LogP contribution is -2.39. The Morgan fingerprint density at radius 2 is 2.27 bits per heavy atom. The van der Waals surface area contributed by atoms with Gasteiger partial charge in [-0.25, -0.2) is 0 Å². The molecule has 0 spiro atoms. The van der Waals surface area contributed by atoms with Crippen LogP contribution in [-0.4, -0.2) is 16.9 Å². The Labute approximate surface area is 71.9 Å². The highest BCUT2D eigenvalue weighted by Crippen LogP contribution is 2.39. The minimum atomic E-state index is -0.318. The second kappa shape index (κ2) is 3.05. The highest BCUT2D eigenvalue weighted by molar-refractivity contribution is 8.00. The molecule has 0 bridgehead atoms. The molecule has 0 saturated carbocycles. The molecule has 1 unspecified atom stereocenters. The molecule has 2 N–H and O–H groups in total. The Bertz CT molecular complexity index is 161. The summed E-state index contributed by atoms with van der Waals surface area (Å²) in [5.41, 5.74) is 4.98. The quantitative estimate of drug-likeness (QED) is 0.685. The Hall–Kier alpha value is -0.180. The molecule has 3 heteroatoms. The van der Waals surface area contributed by atoms with Gasteiger partial charge in [-0.05, 0) is 32.4 Å². The zero-order chi connectivity index (χ0) is 8.48. The summed E-state index contributed by atoms with van der Waals surface area (Å²) in [5.74, 6) is 1.01. The summed E-state index contributed by atoms with van der Waals surface area (Å²) < 4.78 is 0. The van der Waals surface area contributed by atoms with Crippen molar-refractivity contribution in [3.8, 4) is 0 Å². The van der Waals surface area contributed by atoms with Crippen LogP contribution in [0.3, 0.4) is 0 Å². The predicted molar refractivity (Wildman–Crippen MR) is 48.5 cm³/mol. The van der Waals surface area contributed by atoms with Crippen molar-refractivity contribution in [3.05, 3.63) is 0 Å². The molecule has 1 fully saturated rings. The maximum Gasteiger partial charge on any atom is 0.224 e. The van der Waals surface area contributed by atoms with Crippen molar-refractivity contribution < 1.29 is 4.79 Å². The fourth-order valence-electron chi connectivity index (χ4n) is 1.31. The Morgan fingerprint density at radius 1 is 1.64 bits per heavy atom. The van der Waals surface area contributed by atoms with Crippen molar-refractivity contribution in [1.29, 1.82) is 0 Å². The molecule has 0 aromatic rings. The summed E-state index contributed by atoms with van der Waals surface area (Å²) in [7, 11) is 0. The molecule has 1 atom stereocenters. The number of nitrogens with two attached hydrogens (primary N) is 1. The molecule has 0 radical (unpaired) electrons. The van der Waals surface area contributed by atoms with Crippen LogP contribution in [0.1, 0.15) is 26.7 Å². The SMILES string of the molecule is CC(C)(C(N)=O)C1CCCS1. The number of carbonyl (C=O) groups excluding carboxylic acids is 1. The first kappa shape index (κ1) is 8.91.